The van der Waals surface area contributed by atoms with Gasteiger partial charge < -0.3 is 14.3 Å². The SMILES string of the molecule is Cn1cc(-c2cc(S(=O)(=O)C3CC3)ccc2Oc2ccc(F)cc2F)c2cc[nH]c2c1=O. The molecule has 0 bridgehead atoms. The summed E-state index contributed by atoms with van der Waals surface area (Å²) in [5.41, 5.74) is 1.01. The summed E-state index contributed by atoms with van der Waals surface area (Å²) in [6.07, 6.45) is 4.41. The molecule has 164 valence electrons. The van der Waals surface area contributed by atoms with Crippen molar-refractivity contribution in [3.8, 4) is 22.6 Å². The molecule has 2 aromatic carbocycles. The number of H-pyrrole nitrogens is 1. The van der Waals surface area contributed by atoms with Crippen LogP contribution in [-0.4, -0.2) is 23.2 Å². The second-order valence-electron chi connectivity index (χ2n) is 7.80. The van der Waals surface area contributed by atoms with Gasteiger partial charge in [-0.3, -0.25) is 4.79 Å². The Bertz CT molecular complexity index is 1540. The second kappa shape index (κ2) is 7.30. The van der Waals surface area contributed by atoms with Crippen molar-refractivity contribution in [3.63, 3.8) is 0 Å². The number of aromatic amines is 1. The van der Waals surface area contributed by atoms with E-state index < -0.39 is 26.7 Å². The summed E-state index contributed by atoms with van der Waals surface area (Å²) in [4.78, 5) is 15.5. The first-order chi connectivity index (χ1) is 15.3. The van der Waals surface area contributed by atoms with Gasteiger partial charge in [0.15, 0.2) is 21.4 Å². The highest BCUT2D eigenvalue weighted by Crippen LogP contribution is 2.41. The maximum absolute atomic E-state index is 14.3. The lowest BCUT2D eigenvalue weighted by atomic mass is 10.0. The van der Waals surface area contributed by atoms with E-state index in [-0.39, 0.29) is 22.0 Å². The third-order valence-electron chi connectivity index (χ3n) is 5.54. The molecule has 2 aromatic heterocycles. The number of sulfone groups is 1. The van der Waals surface area contributed by atoms with E-state index >= 15 is 0 Å². The highest BCUT2D eigenvalue weighted by molar-refractivity contribution is 7.92. The molecule has 0 saturated heterocycles. The molecule has 32 heavy (non-hydrogen) atoms. The molecule has 4 aromatic rings. The van der Waals surface area contributed by atoms with Crippen LogP contribution in [0.4, 0.5) is 8.78 Å². The van der Waals surface area contributed by atoms with Crippen LogP contribution >= 0.6 is 0 Å². The fourth-order valence-electron chi connectivity index (χ4n) is 3.72. The molecule has 9 heteroatoms. The number of hydrogen-bond donors (Lipinski definition) is 1. The van der Waals surface area contributed by atoms with Crippen LogP contribution in [0.2, 0.25) is 0 Å². The van der Waals surface area contributed by atoms with Gasteiger partial charge in [0.25, 0.3) is 5.56 Å². The van der Waals surface area contributed by atoms with E-state index in [1.165, 1.54) is 22.8 Å². The van der Waals surface area contributed by atoms with Crippen LogP contribution in [0, 0.1) is 11.6 Å². The molecule has 5 rings (SSSR count). The van der Waals surface area contributed by atoms with E-state index in [2.05, 4.69) is 4.98 Å². The van der Waals surface area contributed by atoms with Crippen LogP contribution in [0.15, 0.2) is 64.5 Å². The Labute approximate surface area is 182 Å². The summed E-state index contributed by atoms with van der Waals surface area (Å²) >= 11 is 0. The van der Waals surface area contributed by atoms with Gasteiger partial charge >= 0.3 is 0 Å². The number of hydrogen-bond acceptors (Lipinski definition) is 4. The van der Waals surface area contributed by atoms with Crippen molar-refractivity contribution in [2.75, 3.05) is 0 Å². The van der Waals surface area contributed by atoms with Crippen molar-refractivity contribution in [3.05, 3.63) is 76.8 Å². The van der Waals surface area contributed by atoms with Crippen LogP contribution in [0.5, 0.6) is 11.5 Å². The zero-order valence-corrected chi connectivity index (χ0v) is 17.7. The fraction of sp³-hybridized carbons (Fsp3) is 0.174. The second-order valence-corrected chi connectivity index (χ2v) is 10.0. The Morgan fingerprint density at radius 1 is 1.03 bits per heavy atom. The summed E-state index contributed by atoms with van der Waals surface area (Å²) in [6, 6.07) is 9.00. The van der Waals surface area contributed by atoms with E-state index in [1.54, 1.807) is 25.5 Å². The standard InChI is InChI=1S/C23H18F2N2O4S/c1-27-12-18(16-8-9-26-22(16)23(27)28)17-11-15(32(29,30)14-3-4-14)5-7-20(17)31-21-6-2-13(24)10-19(21)25/h2,5-12,14,26H,3-4H2,1H3. The average Bonchev–Trinajstić information content (AvgIpc) is 3.51. The summed E-state index contributed by atoms with van der Waals surface area (Å²) in [5, 5.41) is 0.155. The molecule has 0 spiro atoms. The molecular formula is C23H18F2N2O4S. The van der Waals surface area contributed by atoms with Crippen molar-refractivity contribution in [1.82, 2.24) is 9.55 Å². The van der Waals surface area contributed by atoms with Gasteiger partial charge in [0.1, 0.15) is 17.1 Å². The maximum Gasteiger partial charge on any atom is 0.274 e. The first kappa shape index (κ1) is 20.4. The highest BCUT2D eigenvalue weighted by atomic mass is 32.2. The predicted molar refractivity (Wildman–Crippen MR) is 116 cm³/mol. The van der Waals surface area contributed by atoms with Gasteiger partial charge in [-0.2, -0.15) is 0 Å². The quantitative estimate of drug-likeness (QED) is 0.478. The van der Waals surface area contributed by atoms with Gasteiger partial charge in [-0.15, -0.1) is 0 Å². The van der Waals surface area contributed by atoms with Crippen LogP contribution < -0.4 is 10.3 Å². The van der Waals surface area contributed by atoms with Crippen molar-refractivity contribution >= 4 is 20.7 Å². The lowest BCUT2D eigenvalue weighted by Gasteiger charge is -2.15. The first-order valence-electron chi connectivity index (χ1n) is 9.93. The monoisotopic (exact) mass is 456 g/mol. The Balaban J connectivity index is 1.74. The number of ether oxygens (including phenoxy) is 1. The smallest absolute Gasteiger partial charge is 0.274 e. The van der Waals surface area contributed by atoms with Crippen molar-refractivity contribution < 1.29 is 21.9 Å². The molecule has 1 saturated carbocycles. The Morgan fingerprint density at radius 2 is 1.78 bits per heavy atom. The third-order valence-corrected chi connectivity index (χ3v) is 7.80. The molecular weight excluding hydrogens is 438 g/mol. The van der Waals surface area contributed by atoms with Gasteiger partial charge in [0, 0.05) is 42.0 Å². The number of aromatic nitrogens is 2. The van der Waals surface area contributed by atoms with Crippen LogP contribution in [0.25, 0.3) is 22.0 Å². The van der Waals surface area contributed by atoms with Gasteiger partial charge in [-0.1, -0.05) is 0 Å². The average molecular weight is 456 g/mol. The number of benzene rings is 2. The minimum absolute atomic E-state index is 0.125. The molecule has 0 radical (unpaired) electrons. The summed E-state index contributed by atoms with van der Waals surface area (Å²) in [5.74, 6) is -1.67. The lowest BCUT2D eigenvalue weighted by Crippen LogP contribution is -2.16. The number of rotatable bonds is 5. The van der Waals surface area contributed by atoms with Gasteiger partial charge in [-0.05, 0) is 49.2 Å². The molecule has 0 aliphatic heterocycles. The molecule has 1 N–H and O–H groups in total. The van der Waals surface area contributed by atoms with Crippen LogP contribution in [0.3, 0.4) is 0 Å². The van der Waals surface area contributed by atoms with Gasteiger partial charge in [0.05, 0.1) is 10.1 Å². The topological polar surface area (TPSA) is 81.2 Å². The number of halogens is 2. The molecule has 1 aliphatic rings. The van der Waals surface area contributed by atoms with E-state index in [0.29, 0.717) is 40.9 Å². The predicted octanol–water partition coefficient (Wildman–Crippen LogP) is 4.54. The number of aryl methyl sites for hydroxylation is 1. The molecule has 6 nitrogen and oxygen atoms in total. The minimum atomic E-state index is -3.51. The zero-order chi connectivity index (χ0) is 22.6. The Morgan fingerprint density at radius 3 is 2.50 bits per heavy atom. The molecule has 1 aliphatic carbocycles. The van der Waals surface area contributed by atoms with Gasteiger partial charge in [0.2, 0.25) is 0 Å². The van der Waals surface area contributed by atoms with E-state index in [0.717, 1.165) is 12.1 Å². The van der Waals surface area contributed by atoms with E-state index in [1.807, 2.05) is 0 Å². The van der Waals surface area contributed by atoms with Crippen molar-refractivity contribution in [2.45, 2.75) is 23.0 Å². The Kier molecular flexibility index (Phi) is 4.67. The third kappa shape index (κ3) is 3.38. The number of nitrogens with one attached hydrogen (secondary N) is 1. The van der Waals surface area contributed by atoms with Crippen molar-refractivity contribution in [1.29, 1.82) is 0 Å². The van der Waals surface area contributed by atoms with Gasteiger partial charge in [-0.25, -0.2) is 17.2 Å². The lowest BCUT2D eigenvalue weighted by molar-refractivity contribution is 0.438. The summed E-state index contributed by atoms with van der Waals surface area (Å²) in [7, 11) is -1.93. The molecule has 2 heterocycles. The fourth-order valence-corrected chi connectivity index (χ4v) is 5.40. The van der Waals surface area contributed by atoms with Crippen molar-refractivity contribution in [2.24, 2.45) is 7.05 Å². The number of nitrogens with zero attached hydrogens (tertiary/aromatic N) is 1. The number of fused-ring (bicyclic) bond motifs is 1. The first-order valence-corrected chi connectivity index (χ1v) is 11.5. The molecule has 0 unspecified atom stereocenters. The highest BCUT2D eigenvalue weighted by Gasteiger charge is 2.37. The van der Waals surface area contributed by atoms with Crippen LogP contribution in [0.1, 0.15) is 12.8 Å². The summed E-state index contributed by atoms with van der Waals surface area (Å²) < 4.78 is 60.4. The molecule has 1 fully saturated rings. The Hall–Kier alpha value is -3.46. The molecule has 0 atom stereocenters. The minimum Gasteiger partial charge on any atom is -0.454 e. The van der Waals surface area contributed by atoms with E-state index in [9.17, 15) is 22.0 Å². The normalized spacial score (nSPS) is 14.1. The maximum atomic E-state index is 14.3. The van der Waals surface area contributed by atoms with Crippen LogP contribution in [-0.2, 0) is 16.9 Å². The summed E-state index contributed by atoms with van der Waals surface area (Å²) in [6.45, 7) is 0. The number of pyridine rings is 1. The largest absolute Gasteiger partial charge is 0.454 e. The zero-order valence-electron chi connectivity index (χ0n) is 16.9. The van der Waals surface area contributed by atoms with E-state index in [4.69, 9.17) is 4.74 Å². The molecule has 0 amide bonds.